The summed E-state index contributed by atoms with van der Waals surface area (Å²) in [5.41, 5.74) is 4.54. The monoisotopic (exact) mass is 292 g/mol. The van der Waals surface area contributed by atoms with Crippen LogP contribution in [0.5, 0.6) is 0 Å². The van der Waals surface area contributed by atoms with Crippen molar-refractivity contribution in [1.82, 2.24) is 5.32 Å². The van der Waals surface area contributed by atoms with Gasteiger partial charge in [-0.2, -0.15) is 0 Å². The zero-order chi connectivity index (χ0) is 14.8. The van der Waals surface area contributed by atoms with Gasteiger partial charge in [-0.15, -0.1) is 0 Å². The first-order chi connectivity index (χ1) is 9.43. The highest BCUT2D eigenvalue weighted by Crippen LogP contribution is 2.24. The van der Waals surface area contributed by atoms with Gasteiger partial charge in [0.25, 0.3) is 5.91 Å². The van der Waals surface area contributed by atoms with Crippen LogP contribution in [0.25, 0.3) is 0 Å². The smallest absolute Gasteiger partial charge is 0.288 e. The third-order valence-electron chi connectivity index (χ3n) is 3.00. The number of carbonyl (C=O) groups is 2. The topological polar surface area (TPSA) is 85.3 Å². The molecule has 0 saturated heterocycles. The molecule has 0 aliphatic carbocycles. The van der Waals surface area contributed by atoms with Crippen LogP contribution in [-0.4, -0.2) is 11.8 Å². The van der Waals surface area contributed by atoms with Crippen molar-refractivity contribution in [2.75, 3.05) is 0 Å². The second-order valence-electron chi connectivity index (χ2n) is 4.43. The SMILES string of the molecule is C[C@](NC(=O)c1ccco1)(C(N)=O)c1cccc(Cl)c1. The van der Waals surface area contributed by atoms with E-state index >= 15 is 0 Å². The van der Waals surface area contributed by atoms with Crippen LogP contribution in [0.2, 0.25) is 5.02 Å². The fraction of sp³-hybridized carbons (Fsp3) is 0.143. The molecule has 5 nitrogen and oxygen atoms in total. The summed E-state index contributed by atoms with van der Waals surface area (Å²) in [4.78, 5) is 23.8. The lowest BCUT2D eigenvalue weighted by atomic mass is 9.91. The number of hydrogen-bond acceptors (Lipinski definition) is 3. The highest BCUT2D eigenvalue weighted by molar-refractivity contribution is 6.30. The molecule has 3 N–H and O–H groups in total. The minimum Gasteiger partial charge on any atom is -0.459 e. The number of nitrogens with one attached hydrogen (secondary N) is 1. The minimum absolute atomic E-state index is 0.0968. The molecule has 104 valence electrons. The number of nitrogens with two attached hydrogens (primary N) is 1. The van der Waals surface area contributed by atoms with Gasteiger partial charge in [-0.3, -0.25) is 9.59 Å². The van der Waals surface area contributed by atoms with Crippen LogP contribution in [0.4, 0.5) is 0 Å². The Kier molecular flexibility index (Phi) is 3.81. The summed E-state index contributed by atoms with van der Waals surface area (Å²) in [5.74, 6) is -1.13. The van der Waals surface area contributed by atoms with Crippen molar-refractivity contribution in [3.05, 3.63) is 59.0 Å². The Morgan fingerprint density at radius 3 is 2.60 bits per heavy atom. The summed E-state index contributed by atoms with van der Waals surface area (Å²) in [6.45, 7) is 1.52. The van der Waals surface area contributed by atoms with Crippen molar-refractivity contribution in [2.24, 2.45) is 5.73 Å². The van der Waals surface area contributed by atoms with Crippen LogP contribution in [0, 0.1) is 0 Å². The second-order valence-corrected chi connectivity index (χ2v) is 4.87. The van der Waals surface area contributed by atoms with Crippen LogP contribution < -0.4 is 11.1 Å². The quantitative estimate of drug-likeness (QED) is 0.904. The molecule has 1 aromatic carbocycles. The lowest BCUT2D eigenvalue weighted by Crippen LogP contribution is -2.52. The van der Waals surface area contributed by atoms with Gasteiger partial charge in [0.2, 0.25) is 5.91 Å². The Morgan fingerprint density at radius 2 is 2.05 bits per heavy atom. The lowest BCUT2D eigenvalue weighted by Gasteiger charge is -2.27. The van der Waals surface area contributed by atoms with E-state index in [1.165, 1.54) is 19.3 Å². The predicted molar refractivity (Wildman–Crippen MR) is 74.2 cm³/mol. The van der Waals surface area contributed by atoms with Gasteiger partial charge in [0.15, 0.2) is 5.76 Å². The molecule has 2 rings (SSSR count). The molecule has 6 heteroatoms. The van der Waals surface area contributed by atoms with Crippen LogP contribution in [-0.2, 0) is 10.3 Å². The molecule has 0 radical (unpaired) electrons. The summed E-state index contributed by atoms with van der Waals surface area (Å²) < 4.78 is 4.99. The van der Waals surface area contributed by atoms with E-state index in [1.54, 1.807) is 30.3 Å². The van der Waals surface area contributed by atoms with Crippen molar-refractivity contribution in [2.45, 2.75) is 12.5 Å². The van der Waals surface area contributed by atoms with Crippen molar-refractivity contribution < 1.29 is 14.0 Å². The summed E-state index contributed by atoms with van der Waals surface area (Å²) >= 11 is 5.91. The Balaban J connectivity index is 2.35. The molecule has 20 heavy (non-hydrogen) atoms. The Labute approximate surface area is 120 Å². The first kappa shape index (κ1) is 14.1. The van der Waals surface area contributed by atoms with Crippen molar-refractivity contribution in [1.29, 1.82) is 0 Å². The maximum Gasteiger partial charge on any atom is 0.288 e. The number of halogens is 1. The minimum atomic E-state index is -1.38. The zero-order valence-corrected chi connectivity index (χ0v) is 11.5. The summed E-state index contributed by atoms with van der Waals surface area (Å²) in [6, 6.07) is 9.66. The van der Waals surface area contributed by atoms with Gasteiger partial charge in [-0.05, 0) is 36.8 Å². The van der Waals surface area contributed by atoms with Gasteiger partial charge in [0.1, 0.15) is 5.54 Å². The zero-order valence-electron chi connectivity index (χ0n) is 10.7. The summed E-state index contributed by atoms with van der Waals surface area (Å²) in [6.07, 6.45) is 1.37. The van der Waals surface area contributed by atoms with Gasteiger partial charge >= 0.3 is 0 Å². The van der Waals surface area contributed by atoms with Gasteiger partial charge in [-0.1, -0.05) is 23.7 Å². The number of furan rings is 1. The number of rotatable bonds is 4. The third-order valence-corrected chi connectivity index (χ3v) is 3.24. The Bertz CT molecular complexity index is 640. The molecular formula is C14H13ClN2O3. The molecule has 0 saturated carbocycles. The normalized spacial score (nSPS) is 13.5. The van der Waals surface area contributed by atoms with E-state index in [2.05, 4.69) is 5.32 Å². The molecule has 1 heterocycles. The van der Waals surface area contributed by atoms with E-state index in [0.29, 0.717) is 10.6 Å². The van der Waals surface area contributed by atoms with Gasteiger partial charge in [-0.25, -0.2) is 0 Å². The molecular weight excluding hydrogens is 280 g/mol. The number of amides is 2. The highest BCUT2D eigenvalue weighted by atomic mass is 35.5. The fourth-order valence-corrected chi connectivity index (χ4v) is 1.96. The molecule has 2 aromatic rings. The Morgan fingerprint density at radius 1 is 1.30 bits per heavy atom. The molecule has 0 fully saturated rings. The van der Waals surface area contributed by atoms with E-state index in [4.69, 9.17) is 21.8 Å². The number of primary amides is 1. The average Bonchev–Trinajstić information content (AvgIpc) is 2.92. The van der Waals surface area contributed by atoms with E-state index in [-0.39, 0.29) is 5.76 Å². The first-order valence-corrected chi connectivity index (χ1v) is 6.23. The average molecular weight is 293 g/mol. The van der Waals surface area contributed by atoms with Crippen molar-refractivity contribution in [3.63, 3.8) is 0 Å². The number of hydrogen-bond donors (Lipinski definition) is 2. The number of carbonyl (C=O) groups excluding carboxylic acids is 2. The van der Waals surface area contributed by atoms with Crippen LogP contribution in [0.15, 0.2) is 47.1 Å². The Hall–Kier alpha value is -2.27. The maximum atomic E-state index is 12.0. The lowest BCUT2D eigenvalue weighted by molar-refractivity contribution is -0.123. The van der Waals surface area contributed by atoms with Crippen molar-refractivity contribution in [3.8, 4) is 0 Å². The first-order valence-electron chi connectivity index (χ1n) is 5.85. The summed E-state index contributed by atoms with van der Waals surface area (Å²) in [5, 5.41) is 3.02. The highest BCUT2D eigenvalue weighted by Gasteiger charge is 2.36. The largest absolute Gasteiger partial charge is 0.459 e. The predicted octanol–water partition coefficient (Wildman–Crippen LogP) is 2.06. The van der Waals surface area contributed by atoms with Gasteiger partial charge in [0.05, 0.1) is 6.26 Å². The third kappa shape index (κ3) is 2.67. The number of benzene rings is 1. The molecule has 0 aliphatic heterocycles. The molecule has 0 unspecified atom stereocenters. The standard InChI is InChI=1S/C14H13ClN2O3/c1-14(13(16)19,9-4-2-5-10(15)8-9)17-12(18)11-6-3-7-20-11/h2-8H,1H3,(H2,16,19)(H,17,18)/t14-/m1/s1. The molecule has 0 spiro atoms. The van der Waals surface area contributed by atoms with Gasteiger partial charge in [0, 0.05) is 5.02 Å². The summed E-state index contributed by atoms with van der Waals surface area (Å²) in [7, 11) is 0. The second kappa shape index (κ2) is 5.38. The van der Waals surface area contributed by atoms with E-state index in [1.807, 2.05) is 0 Å². The van der Waals surface area contributed by atoms with E-state index in [9.17, 15) is 9.59 Å². The van der Waals surface area contributed by atoms with Gasteiger partial charge < -0.3 is 15.5 Å². The van der Waals surface area contributed by atoms with Crippen LogP contribution >= 0.6 is 11.6 Å². The fourth-order valence-electron chi connectivity index (χ4n) is 1.77. The van der Waals surface area contributed by atoms with E-state index in [0.717, 1.165) is 0 Å². The van der Waals surface area contributed by atoms with E-state index < -0.39 is 17.4 Å². The van der Waals surface area contributed by atoms with Crippen LogP contribution in [0.3, 0.4) is 0 Å². The molecule has 1 atom stereocenters. The molecule has 2 amide bonds. The molecule has 0 bridgehead atoms. The van der Waals surface area contributed by atoms with Crippen molar-refractivity contribution >= 4 is 23.4 Å². The molecule has 0 aliphatic rings. The maximum absolute atomic E-state index is 12.0. The van der Waals surface area contributed by atoms with Crippen LogP contribution in [0.1, 0.15) is 23.0 Å². The molecule has 1 aromatic heterocycles.